The van der Waals surface area contributed by atoms with Crippen LogP contribution in [0, 0.1) is 0 Å². The van der Waals surface area contributed by atoms with Gasteiger partial charge in [0.05, 0.1) is 12.7 Å². The molecular formula is C28H30ClNO5S. The number of allylic oxidation sites excluding steroid dienone is 3. The van der Waals surface area contributed by atoms with Gasteiger partial charge in [-0.1, -0.05) is 42.8 Å². The number of nitrogens with one attached hydrogen (secondary N) is 1. The first kappa shape index (κ1) is 26.2. The molecule has 0 radical (unpaired) electrons. The van der Waals surface area contributed by atoms with E-state index in [1.165, 1.54) is 13.2 Å². The number of hydrogen-bond acceptors (Lipinski definition) is 7. The van der Waals surface area contributed by atoms with Crippen LogP contribution in [0.5, 0.6) is 11.5 Å². The second kappa shape index (κ2) is 11.4. The van der Waals surface area contributed by atoms with Crippen molar-refractivity contribution in [3.8, 4) is 11.5 Å². The molecule has 36 heavy (non-hydrogen) atoms. The van der Waals surface area contributed by atoms with E-state index >= 15 is 0 Å². The van der Waals surface area contributed by atoms with E-state index in [9.17, 15) is 14.7 Å². The van der Waals surface area contributed by atoms with Crippen LogP contribution >= 0.6 is 23.4 Å². The smallest absolute Gasteiger partial charge is 0.336 e. The Morgan fingerprint density at radius 2 is 2.00 bits per heavy atom. The minimum atomic E-state index is -0.637. The van der Waals surface area contributed by atoms with Crippen LogP contribution in [0.1, 0.15) is 49.7 Å². The molecule has 1 heterocycles. The minimum Gasteiger partial charge on any atom is -0.504 e. The Labute approximate surface area is 220 Å². The number of rotatable bonds is 8. The van der Waals surface area contributed by atoms with Gasteiger partial charge in [0.25, 0.3) is 0 Å². The third-order valence-electron chi connectivity index (χ3n) is 6.59. The molecule has 2 N–H and O–H groups in total. The largest absolute Gasteiger partial charge is 0.504 e. The first-order valence-corrected chi connectivity index (χ1v) is 13.5. The fourth-order valence-electron chi connectivity index (χ4n) is 4.96. The molecule has 0 bridgehead atoms. The van der Waals surface area contributed by atoms with Crippen molar-refractivity contribution in [3.63, 3.8) is 0 Å². The summed E-state index contributed by atoms with van der Waals surface area (Å²) in [7, 11) is 1.47. The maximum atomic E-state index is 13.7. The predicted molar refractivity (Wildman–Crippen MR) is 143 cm³/mol. The van der Waals surface area contributed by atoms with Crippen molar-refractivity contribution < 1.29 is 24.2 Å². The standard InChI is InChI=1S/C28H30ClNO5S/c1-4-36-12-11-35-28(33)25-16(2)30-21-13-18(19-7-5-6-8-20(19)29)14-23(32)27(21)26(25)17-9-10-22(31)24(15-17)34-3/h5-10,15,18,26,30-31H,4,11-14H2,1-3H3. The summed E-state index contributed by atoms with van der Waals surface area (Å²) < 4.78 is 10.9. The second-order valence-electron chi connectivity index (χ2n) is 8.80. The van der Waals surface area contributed by atoms with Gasteiger partial charge in [-0.3, -0.25) is 4.79 Å². The molecule has 1 aliphatic carbocycles. The average molecular weight is 528 g/mol. The molecule has 0 fully saturated rings. The zero-order valence-corrected chi connectivity index (χ0v) is 22.2. The number of benzene rings is 2. The van der Waals surface area contributed by atoms with E-state index in [0.717, 1.165) is 17.0 Å². The molecule has 4 rings (SSSR count). The Morgan fingerprint density at radius 3 is 2.72 bits per heavy atom. The molecular weight excluding hydrogens is 498 g/mol. The number of carbonyl (C=O) groups is 2. The molecule has 6 nitrogen and oxygen atoms in total. The first-order valence-electron chi connectivity index (χ1n) is 12.0. The summed E-state index contributed by atoms with van der Waals surface area (Å²) in [6.45, 7) is 4.17. The highest BCUT2D eigenvalue weighted by molar-refractivity contribution is 7.99. The van der Waals surface area contributed by atoms with Crippen molar-refractivity contribution in [1.82, 2.24) is 5.32 Å². The summed E-state index contributed by atoms with van der Waals surface area (Å²) in [6.07, 6.45) is 0.869. The van der Waals surface area contributed by atoms with Crippen molar-refractivity contribution in [2.24, 2.45) is 0 Å². The molecule has 0 amide bonds. The number of hydrogen-bond donors (Lipinski definition) is 2. The summed E-state index contributed by atoms with van der Waals surface area (Å²) in [5.74, 6) is 0.683. The lowest BCUT2D eigenvalue weighted by Gasteiger charge is -2.37. The Bertz CT molecular complexity index is 1240. The zero-order chi connectivity index (χ0) is 25.8. The van der Waals surface area contributed by atoms with E-state index in [4.69, 9.17) is 21.1 Å². The number of phenolic OH excluding ortho intramolecular Hbond substituents is 1. The number of esters is 1. The Balaban J connectivity index is 1.76. The molecule has 0 spiro atoms. The molecule has 2 atom stereocenters. The normalized spacial score (nSPS) is 19.6. The highest BCUT2D eigenvalue weighted by Gasteiger charge is 2.42. The van der Waals surface area contributed by atoms with Gasteiger partial charge in [0, 0.05) is 40.1 Å². The maximum absolute atomic E-state index is 13.7. The monoisotopic (exact) mass is 527 g/mol. The molecule has 0 aromatic heterocycles. The Morgan fingerprint density at radius 1 is 1.22 bits per heavy atom. The fraction of sp³-hybridized carbons (Fsp3) is 0.357. The molecule has 2 aromatic carbocycles. The average Bonchev–Trinajstić information content (AvgIpc) is 2.86. The van der Waals surface area contributed by atoms with E-state index in [2.05, 4.69) is 12.2 Å². The molecule has 2 unspecified atom stereocenters. The van der Waals surface area contributed by atoms with E-state index < -0.39 is 11.9 Å². The molecule has 8 heteroatoms. The lowest BCUT2D eigenvalue weighted by molar-refractivity contribution is -0.138. The van der Waals surface area contributed by atoms with Gasteiger partial charge in [0.2, 0.25) is 0 Å². The van der Waals surface area contributed by atoms with Crippen molar-refractivity contribution in [3.05, 3.63) is 81.2 Å². The number of dihydropyridines is 1. The summed E-state index contributed by atoms with van der Waals surface area (Å²) >= 11 is 8.15. The van der Waals surface area contributed by atoms with Crippen LogP contribution < -0.4 is 10.1 Å². The first-order chi connectivity index (χ1) is 17.3. The number of phenols is 1. The van der Waals surface area contributed by atoms with Crippen molar-refractivity contribution in [2.45, 2.75) is 38.5 Å². The number of ketones is 1. The Kier molecular flexibility index (Phi) is 8.32. The van der Waals surface area contributed by atoms with Gasteiger partial charge in [-0.05, 0) is 54.3 Å². The number of ether oxygens (including phenoxy) is 2. The third-order valence-corrected chi connectivity index (χ3v) is 7.80. The van der Waals surface area contributed by atoms with Gasteiger partial charge < -0.3 is 19.9 Å². The van der Waals surface area contributed by atoms with E-state index in [-0.39, 0.29) is 36.2 Å². The molecule has 0 saturated heterocycles. The van der Waals surface area contributed by atoms with Crippen molar-refractivity contribution in [2.75, 3.05) is 25.2 Å². The highest BCUT2D eigenvalue weighted by atomic mass is 35.5. The fourth-order valence-corrected chi connectivity index (χ4v) is 5.74. The van der Waals surface area contributed by atoms with Crippen LogP contribution in [0.4, 0.5) is 0 Å². The lowest BCUT2D eigenvalue weighted by Crippen LogP contribution is -2.36. The van der Waals surface area contributed by atoms with Gasteiger partial charge in [0.15, 0.2) is 17.3 Å². The number of thioether (sulfide) groups is 1. The molecule has 2 aliphatic rings. The van der Waals surface area contributed by atoms with Crippen molar-refractivity contribution in [1.29, 1.82) is 0 Å². The molecule has 2 aromatic rings. The third kappa shape index (κ3) is 5.27. The number of halogens is 1. The van der Waals surface area contributed by atoms with Gasteiger partial charge in [-0.15, -0.1) is 0 Å². The van der Waals surface area contributed by atoms with Crippen LogP contribution in [-0.4, -0.2) is 42.1 Å². The predicted octanol–water partition coefficient (Wildman–Crippen LogP) is 5.71. The number of aromatic hydroxyl groups is 1. The quantitative estimate of drug-likeness (QED) is 0.336. The van der Waals surface area contributed by atoms with Gasteiger partial charge in [-0.25, -0.2) is 4.79 Å². The van der Waals surface area contributed by atoms with Crippen molar-refractivity contribution >= 4 is 35.1 Å². The number of carbonyl (C=O) groups excluding carboxylic acids is 2. The summed E-state index contributed by atoms with van der Waals surface area (Å²) in [6, 6.07) is 12.5. The van der Waals surface area contributed by atoms with Crippen LogP contribution in [0.25, 0.3) is 0 Å². The van der Waals surface area contributed by atoms with Crippen LogP contribution in [0.15, 0.2) is 65.0 Å². The summed E-state index contributed by atoms with van der Waals surface area (Å²) in [5, 5.41) is 14.1. The molecule has 0 saturated carbocycles. The van der Waals surface area contributed by atoms with Gasteiger partial charge in [0.1, 0.15) is 6.61 Å². The minimum absolute atomic E-state index is 0.0143. The second-order valence-corrected chi connectivity index (χ2v) is 10.6. The maximum Gasteiger partial charge on any atom is 0.336 e. The van der Waals surface area contributed by atoms with E-state index in [1.807, 2.05) is 31.2 Å². The summed E-state index contributed by atoms with van der Waals surface area (Å²) in [4.78, 5) is 27.0. The topological polar surface area (TPSA) is 84.9 Å². The van der Waals surface area contributed by atoms with Gasteiger partial charge in [-0.2, -0.15) is 11.8 Å². The molecule has 1 aliphatic heterocycles. The summed E-state index contributed by atoms with van der Waals surface area (Å²) in [5.41, 5.74) is 3.98. The highest BCUT2D eigenvalue weighted by Crippen LogP contribution is 2.47. The zero-order valence-electron chi connectivity index (χ0n) is 20.6. The SMILES string of the molecule is CCSCCOC(=O)C1=C(C)NC2=C(C(=O)CC(c3ccccc3Cl)C2)C1c1ccc(O)c(OC)c1. The number of methoxy groups -OCH3 is 1. The van der Waals surface area contributed by atoms with Gasteiger partial charge >= 0.3 is 5.97 Å². The Hall–Kier alpha value is -2.90. The van der Waals surface area contributed by atoms with Crippen LogP contribution in [0.2, 0.25) is 5.02 Å². The van der Waals surface area contributed by atoms with Crippen LogP contribution in [-0.2, 0) is 14.3 Å². The molecule has 190 valence electrons. The lowest BCUT2D eigenvalue weighted by atomic mass is 9.71. The number of Topliss-reactive ketones (excluding diaryl/α,β-unsaturated/α-hetero) is 1. The van der Waals surface area contributed by atoms with Crippen LogP contribution in [0.3, 0.4) is 0 Å². The van der Waals surface area contributed by atoms with E-state index in [0.29, 0.717) is 39.6 Å². The van der Waals surface area contributed by atoms with E-state index in [1.54, 1.807) is 23.9 Å².